The monoisotopic (exact) mass is 242 g/mol. The summed E-state index contributed by atoms with van der Waals surface area (Å²) < 4.78 is 6.01. The van der Waals surface area contributed by atoms with Gasteiger partial charge in [0.2, 0.25) is 0 Å². The van der Waals surface area contributed by atoms with Crippen LogP contribution in [0.25, 0.3) is 0 Å². The SMILES string of the molecule is CC1CCC(C(C)C)C(OCC=CCS)C1. The predicted octanol–water partition coefficient (Wildman–Crippen LogP) is 3.95. The first-order valence-corrected chi connectivity index (χ1v) is 7.15. The van der Waals surface area contributed by atoms with Gasteiger partial charge in [0.1, 0.15) is 0 Å². The van der Waals surface area contributed by atoms with Crippen molar-refractivity contribution in [2.45, 2.75) is 46.1 Å². The zero-order valence-corrected chi connectivity index (χ0v) is 11.7. The van der Waals surface area contributed by atoms with Crippen molar-refractivity contribution >= 4 is 12.6 Å². The van der Waals surface area contributed by atoms with Gasteiger partial charge in [-0.2, -0.15) is 12.6 Å². The Morgan fingerprint density at radius 3 is 2.69 bits per heavy atom. The summed E-state index contributed by atoms with van der Waals surface area (Å²) in [5.74, 6) is 3.12. The summed E-state index contributed by atoms with van der Waals surface area (Å²) >= 11 is 4.14. The van der Waals surface area contributed by atoms with Crippen LogP contribution < -0.4 is 0 Å². The largest absolute Gasteiger partial charge is 0.374 e. The van der Waals surface area contributed by atoms with Crippen molar-refractivity contribution in [2.24, 2.45) is 17.8 Å². The summed E-state index contributed by atoms with van der Waals surface area (Å²) in [5.41, 5.74) is 0. The fourth-order valence-corrected chi connectivity index (χ4v) is 2.78. The molecule has 1 aliphatic carbocycles. The van der Waals surface area contributed by atoms with Crippen molar-refractivity contribution in [1.29, 1.82) is 0 Å². The van der Waals surface area contributed by atoms with E-state index >= 15 is 0 Å². The van der Waals surface area contributed by atoms with Crippen LogP contribution in [0.15, 0.2) is 12.2 Å². The molecular formula is C14H26OS. The molecule has 0 aromatic rings. The average molecular weight is 242 g/mol. The van der Waals surface area contributed by atoms with Crippen LogP contribution in [0.4, 0.5) is 0 Å². The molecule has 3 atom stereocenters. The minimum atomic E-state index is 0.466. The van der Waals surface area contributed by atoms with E-state index in [0.717, 1.165) is 30.1 Å². The van der Waals surface area contributed by atoms with Crippen molar-refractivity contribution in [3.63, 3.8) is 0 Å². The number of rotatable bonds is 5. The molecule has 0 saturated heterocycles. The number of hydrogen-bond donors (Lipinski definition) is 1. The van der Waals surface area contributed by atoms with Crippen LogP contribution in [-0.4, -0.2) is 18.5 Å². The van der Waals surface area contributed by atoms with Crippen LogP contribution in [0.5, 0.6) is 0 Å². The highest BCUT2D eigenvalue weighted by Crippen LogP contribution is 2.35. The van der Waals surface area contributed by atoms with Crippen LogP contribution in [-0.2, 0) is 4.74 Å². The molecule has 1 aliphatic rings. The van der Waals surface area contributed by atoms with Gasteiger partial charge in [0.25, 0.3) is 0 Å². The van der Waals surface area contributed by atoms with E-state index in [1.807, 2.05) is 0 Å². The van der Waals surface area contributed by atoms with E-state index in [4.69, 9.17) is 4.74 Å². The van der Waals surface area contributed by atoms with Crippen LogP contribution in [0.2, 0.25) is 0 Å². The molecule has 0 radical (unpaired) electrons. The second-order valence-electron chi connectivity index (χ2n) is 5.35. The van der Waals surface area contributed by atoms with Crippen LogP contribution >= 0.6 is 12.6 Å². The van der Waals surface area contributed by atoms with E-state index in [2.05, 4.69) is 45.6 Å². The summed E-state index contributed by atoms with van der Waals surface area (Å²) in [6.07, 6.45) is 8.55. The second-order valence-corrected chi connectivity index (χ2v) is 5.72. The molecule has 0 bridgehead atoms. The quantitative estimate of drug-likeness (QED) is 0.567. The molecule has 94 valence electrons. The smallest absolute Gasteiger partial charge is 0.0651 e. The molecule has 0 N–H and O–H groups in total. The molecule has 1 saturated carbocycles. The average Bonchev–Trinajstić information content (AvgIpc) is 2.24. The van der Waals surface area contributed by atoms with Gasteiger partial charge in [-0.1, -0.05) is 39.3 Å². The van der Waals surface area contributed by atoms with Crippen molar-refractivity contribution in [3.8, 4) is 0 Å². The van der Waals surface area contributed by atoms with E-state index in [-0.39, 0.29) is 0 Å². The van der Waals surface area contributed by atoms with E-state index in [1.54, 1.807) is 0 Å². The third-order valence-electron chi connectivity index (χ3n) is 3.64. The number of hydrogen-bond acceptors (Lipinski definition) is 2. The summed E-state index contributed by atoms with van der Waals surface area (Å²) in [6.45, 7) is 7.73. The normalized spacial score (nSPS) is 31.4. The van der Waals surface area contributed by atoms with Crippen molar-refractivity contribution in [2.75, 3.05) is 12.4 Å². The Kier molecular flexibility index (Phi) is 6.52. The molecule has 2 heteroatoms. The Morgan fingerprint density at radius 2 is 2.06 bits per heavy atom. The Morgan fingerprint density at radius 1 is 1.31 bits per heavy atom. The maximum absolute atomic E-state index is 6.01. The summed E-state index contributed by atoms with van der Waals surface area (Å²) in [5, 5.41) is 0. The third kappa shape index (κ3) is 4.50. The summed E-state index contributed by atoms with van der Waals surface area (Å²) in [7, 11) is 0. The topological polar surface area (TPSA) is 9.23 Å². The molecule has 1 fully saturated rings. The first-order chi connectivity index (χ1) is 7.65. The van der Waals surface area contributed by atoms with Gasteiger partial charge in [-0.05, 0) is 30.6 Å². The Bertz CT molecular complexity index is 213. The van der Waals surface area contributed by atoms with Gasteiger partial charge < -0.3 is 4.74 Å². The lowest BCUT2D eigenvalue weighted by molar-refractivity contribution is -0.0262. The highest BCUT2D eigenvalue weighted by molar-refractivity contribution is 7.80. The van der Waals surface area contributed by atoms with E-state index in [1.165, 1.54) is 19.3 Å². The van der Waals surface area contributed by atoms with Crippen LogP contribution in [0.1, 0.15) is 40.0 Å². The second kappa shape index (κ2) is 7.39. The predicted molar refractivity (Wildman–Crippen MR) is 74.1 cm³/mol. The lowest BCUT2D eigenvalue weighted by Gasteiger charge is -2.37. The Labute approximate surface area is 106 Å². The first-order valence-electron chi connectivity index (χ1n) is 6.52. The standard InChI is InChI=1S/C14H26OS/c1-11(2)13-7-6-12(3)10-14(13)15-8-4-5-9-16/h4-5,11-14,16H,6-10H2,1-3H3. The molecule has 0 spiro atoms. The Hall–Kier alpha value is 0.0500. The van der Waals surface area contributed by atoms with Gasteiger partial charge >= 0.3 is 0 Å². The van der Waals surface area contributed by atoms with Gasteiger partial charge in [0.05, 0.1) is 12.7 Å². The van der Waals surface area contributed by atoms with Gasteiger partial charge in [-0.25, -0.2) is 0 Å². The summed E-state index contributed by atoms with van der Waals surface area (Å²) in [4.78, 5) is 0. The van der Waals surface area contributed by atoms with E-state index < -0.39 is 0 Å². The molecule has 3 unspecified atom stereocenters. The van der Waals surface area contributed by atoms with Gasteiger partial charge in [0, 0.05) is 5.75 Å². The van der Waals surface area contributed by atoms with Crippen LogP contribution in [0, 0.1) is 17.8 Å². The highest BCUT2D eigenvalue weighted by atomic mass is 32.1. The van der Waals surface area contributed by atoms with Crippen molar-refractivity contribution in [3.05, 3.63) is 12.2 Å². The van der Waals surface area contributed by atoms with Crippen molar-refractivity contribution in [1.82, 2.24) is 0 Å². The molecule has 0 amide bonds. The van der Waals surface area contributed by atoms with Gasteiger partial charge in [-0.3, -0.25) is 0 Å². The fraction of sp³-hybridized carbons (Fsp3) is 0.857. The molecule has 0 heterocycles. The molecular weight excluding hydrogens is 216 g/mol. The van der Waals surface area contributed by atoms with E-state index in [0.29, 0.717) is 6.10 Å². The number of thiol groups is 1. The number of ether oxygens (including phenoxy) is 1. The molecule has 16 heavy (non-hydrogen) atoms. The van der Waals surface area contributed by atoms with E-state index in [9.17, 15) is 0 Å². The molecule has 1 nitrogen and oxygen atoms in total. The maximum atomic E-state index is 6.01. The molecule has 0 aromatic carbocycles. The van der Waals surface area contributed by atoms with Crippen LogP contribution in [0.3, 0.4) is 0 Å². The zero-order valence-electron chi connectivity index (χ0n) is 10.9. The zero-order chi connectivity index (χ0) is 12.0. The molecule has 0 aliphatic heterocycles. The molecule has 0 aromatic heterocycles. The minimum absolute atomic E-state index is 0.466. The molecule has 1 rings (SSSR count). The lowest BCUT2D eigenvalue weighted by Crippen LogP contribution is -2.34. The lowest BCUT2D eigenvalue weighted by atomic mass is 9.75. The van der Waals surface area contributed by atoms with Gasteiger partial charge in [0.15, 0.2) is 0 Å². The maximum Gasteiger partial charge on any atom is 0.0651 e. The third-order valence-corrected chi connectivity index (χ3v) is 3.85. The minimum Gasteiger partial charge on any atom is -0.374 e. The highest BCUT2D eigenvalue weighted by Gasteiger charge is 2.30. The fourth-order valence-electron chi connectivity index (χ4n) is 2.63. The van der Waals surface area contributed by atoms with Crippen molar-refractivity contribution < 1.29 is 4.74 Å². The Balaban J connectivity index is 2.41. The first kappa shape index (κ1) is 14.1. The summed E-state index contributed by atoms with van der Waals surface area (Å²) in [6, 6.07) is 0. The van der Waals surface area contributed by atoms with Gasteiger partial charge in [-0.15, -0.1) is 0 Å².